The molecule has 0 aromatic heterocycles. The van der Waals surface area contributed by atoms with Crippen molar-refractivity contribution in [2.24, 2.45) is 0 Å². The van der Waals surface area contributed by atoms with Gasteiger partial charge in [0.25, 0.3) is 0 Å². The Balaban J connectivity index is 1.53. The van der Waals surface area contributed by atoms with E-state index in [9.17, 15) is 9.59 Å². The second-order valence-electron chi connectivity index (χ2n) is 9.87. The maximum Gasteiger partial charge on any atom is 0.246 e. The number of carbonyl (C=O) groups excluding carboxylic acids is 2. The Hall–Kier alpha value is -3.44. The third-order valence-corrected chi connectivity index (χ3v) is 7.67. The molecule has 35 heavy (non-hydrogen) atoms. The fourth-order valence-electron chi connectivity index (χ4n) is 5.57. The standard InChI is InChI=1S/C30H33N3O2/c1-32-19-17-30(18-20-32)29(35)31-27(21-23-11-5-2-6-12-23)28(34)33(30)22-26(24-13-7-3-8-14-24)25-15-9-4-10-16-25/h2-16,26-27H,17-22H2,1H3,(H,31,35). The van der Waals surface area contributed by atoms with Crippen molar-refractivity contribution in [3.63, 3.8) is 0 Å². The molecule has 5 heteroatoms. The van der Waals surface area contributed by atoms with Gasteiger partial charge in [0.05, 0.1) is 0 Å². The summed E-state index contributed by atoms with van der Waals surface area (Å²) in [4.78, 5) is 32.1. The molecule has 0 bridgehead atoms. The predicted molar refractivity (Wildman–Crippen MR) is 138 cm³/mol. The van der Waals surface area contributed by atoms with Crippen LogP contribution in [-0.4, -0.2) is 59.9 Å². The Labute approximate surface area is 207 Å². The van der Waals surface area contributed by atoms with E-state index in [1.807, 2.05) is 71.6 Å². The molecule has 0 saturated carbocycles. The molecule has 3 aromatic rings. The number of piperazine rings is 1. The first-order valence-electron chi connectivity index (χ1n) is 12.5. The van der Waals surface area contributed by atoms with Crippen molar-refractivity contribution < 1.29 is 9.59 Å². The molecule has 2 aliphatic rings. The monoisotopic (exact) mass is 467 g/mol. The molecule has 1 N–H and O–H groups in total. The first-order valence-corrected chi connectivity index (χ1v) is 12.5. The molecule has 2 saturated heterocycles. The van der Waals surface area contributed by atoms with Crippen LogP contribution in [0.2, 0.25) is 0 Å². The van der Waals surface area contributed by atoms with Crippen LogP contribution in [0, 0.1) is 0 Å². The van der Waals surface area contributed by atoms with Gasteiger partial charge in [-0.15, -0.1) is 0 Å². The highest BCUT2D eigenvalue weighted by atomic mass is 16.2. The van der Waals surface area contributed by atoms with E-state index in [1.165, 1.54) is 0 Å². The molecule has 2 aliphatic heterocycles. The highest BCUT2D eigenvalue weighted by molar-refractivity contribution is 6.00. The minimum atomic E-state index is -0.807. The molecule has 0 aliphatic carbocycles. The number of nitrogens with one attached hydrogen (secondary N) is 1. The fourth-order valence-corrected chi connectivity index (χ4v) is 5.57. The van der Waals surface area contributed by atoms with Gasteiger partial charge in [-0.2, -0.15) is 0 Å². The zero-order chi connectivity index (χ0) is 24.3. The summed E-state index contributed by atoms with van der Waals surface area (Å²) in [6.07, 6.45) is 1.80. The van der Waals surface area contributed by atoms with Crippen molar-refractivity contribution in [3.8, 4) is 0 Å². The topological polar surface area (TPSA) is 52.7 Å². The Morgan fingerprint density at radius 2 is 1.34 bits per heavy atom. The van der Waals surface area contributed by atoms with Crippen LogP contribution in [0.1, 0.15) is 35.4 Å². The second-order valence-corrected chi connectivity index (χ2v) is 9.87. The number of amides is 2. The molecule has 2 amide bonds. The summed E-state index contributed by atoms with van der Waals surface area (Å²) >= 11 is 0. The highest BCUT2D eigenvalue weighted by Crippen LogP contribution is 2.36. The van der Waals surface area contributed by atoms with E-state index in [4.69, 9.17) is 0 Å². The van der Waals surface area contributed by atoms with E-state index < -0.39 is 11.6 Å². The zero-order valence-electron chi connectivity index (χ0n) is 20.3. The number of piperidine rings is 1. The first kappa shape index (κ1) is 23.3. The zero-order valence-corrected chi connectivity index (χ0v) is 20.3. The number of nitrogens with zero attached hydrogens (tertiary/aromatic N) is 2. The minimum Gasteiger partial charge on any atom is -0.342 e. The Bertz CT molecular complexity index is 1100. The van der Waals surface area contributed by atoms with E-state index in [0.29, 0.717) is 25.8 Å². The lowest BCUT2D eigenvalue weighted by Gasteiger charge is -2.52. The van der Waals surface area contributed by atoms with Crippen LogP contribution in [0.5, 0.6) is 0 Å². The van der Waals surface area contributed by atoms with Crippen LogP contribution in [0.4, 0.5) is 0 Å². The van der Waals surface area contributed by atoms with Crippen molar-refractivity contribution in [1.82, 2.24) is 15.1 Å². The lowest BCUT2D eigenvalue weighted by atomic mass is 9.79. The molecule has 3 aromatic carbocycles. The van der Waals surface area contributed by atoms with E-state index in [1.54, 1.807) is 0 Å². The summed E-state index contributed by atoms with van der Waals surface area (Å²) in [6.45, 7) is 2.07. The van der Waals surface area contributed by atoms with Crippen molar-refractivity contribution in [3.05, 3.63) is 108 Å². The molecule has 1 unspecified atom stereocenters. The molecule has 1 spiro atoms. The van der Waals surface area contributed by atoms with Gasteiger partial charge < -0.3 is 15.1 Å². The highest BCUT2D eigenvalue weighted by Gasteiger charge is 2.53. The van der Waals surface area contributed by atoms with E-state index in [0.717, 1.165) is 29.8 Å². The summed E-state index contributed by atoms with van der Waals surface area (Å²) in [5.74, 6) is 0.00188. The first-order chi connectivity index (χ1) is 17.1. The van der Waals surface area contributed by atoms with Gasteiger partial charge in [0.1, 0.15) is 11.6 Å². The molecule has 1 atom stereocenters. The maximum absolute atomic E-state index is 14.1. The largest absolute Gasteiger partial charge is 0.342 e. The number of benzene rings is 3. The summed E-state index contributed by atoms with van der Waals surface area (Å²) in [7, 11) is 2.08. The van der Waals surface area contributed by atoms with Crippen LogP contribution in [-0.2, 0) is 16.0 Å². The van der Waals surface area contributed by atoms with Gasteiger partial charge in [0.15, 0.2) is 0 Å². The van der Waals surface area contributed by atoms with E-state index in [2.05, 4.69) is 41.5 Å². The molecule has 180 valence electrons. The SMILES string of the molecule is CN1CCC2(CC1)C(=O)NC(Cc1ccccc1)C(=O)N2CC(c1ccccc1)c1ccccc1. The number of likely N-dealkylation sites (tertiary alicyclic amines) is 1. The van der Waals surface area contributed by atoms with E-state index in [-0.39, 0.29) is 17.7 Å². The van der Waals surface area contributed by atoms with Crippen LogP contribution < -0.4 is 5.32 Å². The molecular weight excluding hydrogens is 434 g/mol. The lowest BCUT2D eigenvalue weighted by Crippen LogP contribution is -2.73. The van der Waals surface area contributed by atoms with Gasteiger partial charge in [-0.05, 0) is 36.6 Å². The summed E-state index contributed by atoms with van der Waals surface area (Å²) in [6, 6.07) is 30.1. The molecule has 2 heterocycles. The molecule has 0 radical (unpaired) electrons. The van der Waals surface area contributed by atoms with Crippen molar-refractivity contribution >= 4 is 11.8 Å². The molecule has 5 nitrogen and oxygen atoms in total. The average Bonchev–Trinajstić information content (AvgIpc) is 2.90. The van der Waals surface area contributed by atoms with Crippen molar-refractivity contribution in [2.45, 2.75) is 36.8 Å². The van der Waals surface area contributed by atoms with Crippen LogP contribution in [0.3, 0.4) is 0 Å². The molecule has 2 fully saturated rings. The van der Waals surface area contributed by atoms with Gasteiger partial charge in [-0.1, -0.05) is 91.0 Å². The Morgan fingerprint density at radius 3 is 1.89 bits per heavy atom. The van der Waals surface area contributed by atoms with Crippen LogP contribution in [0.25, 0.3) is 0 Å². The van der Waals surface area contributed by atoms with Gasteiger partial charge in [0, 0.05) is 32.0 Å². The van der Waals surface area contributed by atoms with Crippen molar-refractivity contribution in [1.29, 1.82) is 0 Å². The van der Waals surface area contributed by atoms with Gasteiger partial charge in [-0.3, -0.25) is 9.59 Å². The summed E-state index contributed by atoms with van der Waals surface area (Å²) in [5, 5.41) is 3.12. The lowest BCUT2D eigenvalue weighted by molar-refractivity contribution is -0.161. The minimum absolute atomic E-state index is 0.00833. The second kappa shape index (κ2) is 10.0. The maximum atomic E-state index is 14.1. The third kappa shape index (κ3) is 4.73. The fraction of sp³-hybridized carbons (Fsp3) is 0.333. The summed E-state index contributed by atoms with van der Waals surface area (Å²) in [5.41, 5.74) is 2.55. The Morgan fingerprint density at radius 1 is 0.829 bits per heavy atom. The number of hydrogen-bond donors (Lipinski definition) is 1. The van der Waals surface area contributed by atoms with Gasteiger partial charge in [0.2, 0.25) is 11.8 Å². The quantitative estimate of drug-likeness (QED) is 0.599. The third-order valence-electron chi connectivity index (χ3n) is 7.67. The molecule has 5 rings (SSSR count). The van der Waals surface area contributed by atoms with Gasteiger partial charge in [-0.25, -0.2) is 0 Å². The van der Waals surface area contributed by atoms with Crippen LogP contribution in [0.15, 0.2) is 91.0 Å². The number of hydrogen-bond acceptors (Lipinski definition) is 3. The number of carbonyl (C=O) groups is 2. The normalized spacial score (nSPS) is 20.3. The summed E-state index contributed by atoms with van der Waals surface area (Å²) < 4.78 is 0. The number of rotatable bonds is 6. The smallest absolute Gasteiger partial charge is 0.246 e. The average molecular weight is 468 g/mol. The predicted octanol–water partition coefficient (Wildman–Crippen LogP) is 3.85. The van der Waals surface area contributed by atoms with Crippen molar-refractivity contribution in [2.75, 3.05) is 26.7 Å². The van der Waals surface area contributed by atoms with Crippen LogP contribution >= 0.6 is 0 Å². The van der Waals surface area contributed by atoms with Gasteiger partial charge >= 0.3 is 0 Å². The Kier molecular flexibility index (Phi) is 6.69. The van der Waals surface area contributed by atoms with E-state index >= 15 is 0 Å². The molecular formula is C30H33N3O2.